The third-order valence-corrected chi connectivity index (χ3v) is 3.10. The average molecular weight is 261 g/mol. The molecule has 5 heteroatoms. The van der Waals surface area contributed by atoms with E-state index >= 15 is 0 Å². The second-order valence-corrected chi connectivity index (χ2v) is 4.51. The highest BCUT2D eigenvalue weighted by Crippen LogP contribution is 2.28. The zero-order valence-electron chi connectivity index (χ0n) is 11.7. The largest absolute Gasteiger partial charge is 0.493 e. The summed E-state index contributed by atoms with van der Waals surface area (Å²) < 4.78 is 12.8. The number of aromatic nitrogens is 2. The molecule has 0 amide bonds. The van der Waals surface area contributed by atoms with E-state index in [1.807, 2.05) is 39.0 Å². The second-order valence-electron chi connectivity index (χ2n) is 4.51. The van der Waals surface area contributed by atoms with Crippen molar-refractivity contribution >= 4 is 5.69 Å². The predicted molar refractivity (Wildman–Crippen MR) is 74.5 cm³/mol. The molecule has 0 atom stereocenters. The summed E-state index contributed by atoms with van der Waals surface area (Å²) in [5.41, 5.74) is 9.44. The van der Waals surface area contributed by atoms with Crippen LogP contribution in [0.4, 0.5) is 5.69 Å². The summed E-state index contributed by atoms with van der Waals surface area (Å²) >= 11 is 0. The molecule has 2 N–H and O–H groups in total. The van der Waals surface area contributed by atoms with E-state index < -0.39 is 0 Å². The Morgan fingerprint density at radius 1 is 1.21 bits per heavy atom. The quantitative estimate of drug-likeness (QED) is 0.918. The van der Waals surface area contributed by atoms with Crippen molar-refractivity contribution in [2.45, 2.75) is 27.5 Å². The van der Waals surface area contributed by atoms with Crippen LogP contribution in [0, 0.1) is 20.8 Å². The van der Waals surface area contributed by atoms with E-state index in [0.717, 1.165) is 22.7 Å². The minimum atomic E-state index is 0.309. The SMILES string of the molecule is COc1cc(C)ccc1OCn1nc(C)c(N)c1C. The Morgan fingerprint density at radius 3 is 2.53 bits per heavy atom. The third kappa shape index (κ3) is 2.65. The fourth-order valence-corrected chi connectivity index (χ4v) is 1.86. The summed E-state index contributed by atoms with van der Waals surface area (Å²) in [4.78, 5) is 0. The summed E-state index contributed by atoms with van der Waals surface area (Å²) in [7, 11) is 1.63. The van der Waals surface area contributed by atoms with Gasteiger partial charge in [0.25, 0.3) is 0 Å². The molecule has 0 saturated heterocycles. The first kappa shape index (κ1) is 13.3. The van der Waals surface area contributed by atoms with E-state index in [0.29, 0.717) is 18.2 Å². The number of rotatable bonds is 4. The van der Waals surface area contributed by atoms with Crippen LogP contribution in [0.2, 0.25) is 0 Å². The van der Waals surface area contributed by atoms with E-state index in [-0.39, 0.29) is 0 Å². The summed E-state index contributed by atoms with van der Waals surface area (Å²) in [5.74, 6) is 1.41. The van der Waals surface area contributed by atoms with Crippen LogP contribution in [0.3, 0.4) is 0 Å². The summed E-state index contributed by atoms with van der Waals surface area (Å²) in [6.07, 6.45) is 0. The number of benzene rings is 1. The average Bonchev–Trinajstić information content (AvgIpc) is 2.64. The predicted octanol–water partition coefficient (Wildman–Crippen LogP) is 2.44. The molecule has 0 bridgehead atoms. The van der Waals surface area contributed by atoms with Crippen LogP contribution in [-0.4, -0.2) is 16.9 Å². The molecular formula is C14H19N3O2. The van der Waals surface area contributed by atoms with Gasteiger partial charge in [0.2, 0.25) is 0 Å². The van der Waals surface area contributed by atoms with Crippen molar-refractivity contribution in [1.82, 2.24) is 9.78 Å². The second kappa shape index (κ2) is 5.22. The summed E-state index contributed by atoms with van der Waals surface area (Å²) in [6.45, 7) is 6.12. The molecule has 2 rings (SSSR count). The Kier molecular flexibility index (Phi) is 3.64. The van der Waals surface area contributed by atoms with Gasteiger partial charge in [0.15, 0.2) is 18.2 Å². The van der Waals surface area contributed by atoms with E-state index in [1.54, 1.807) is 11.8 Å². The number of hydrogen-bond acceptors (Lipinski definition) is 4. The molecule has 0 unspecified atom stereocenters. The van der Waals surface area contributed by atoms with Crippen LogP contribution in [-0.2, 0) is 6.73 Å². The molecule has 0 aliphatic carbocycles. The standard InChI is InChI=1S/C14H19N3O2/c1-9-5-6-12(13(7-9)18-4)19-8-17-11(3)14(15)10(2)16-17/h5-7H,8,15H2,1-4H3. The Morgan fingerprint density at radius 2 is 1.95 bits per heavy atom. The maximum atomic E-state index is 5.88. The van der Waals surface area contributed by atoms with Crippen molar-refractivity contribution in [3.63, 3.8) is 0 Å². The Labute approximate surface area is 112 Å². The maximum Gasteiger partial charge on any atom is 0.181 e. The van der Waals surface area contributed by atoms with Crippen molar-refractivity contribution in [2.75, 3.05) is 12.8 Å². The Bertz CT molecular complexity index is 591. The number of hydrogen-bond donors (Lipinski definition) is 1. The Hall–Kier alpha value is -2.17. The van der Waals surface area contributed by atoms with Gasteiger partial charge >= 0.3 is 0 Å². The lowest BCUT2D eigenvalue weighted by Crippen LogP contribution is -2.09. The first-order valence-electron chi connectivity index (χ1n) is 6.10. The number of nitrogen functional groups attached to an aromatic ring is 1. The number of anilines is 1. The minimum absolute atomic E-state index is 0.309. The number of aryl methyl sites for hydroxylation is 2. The highest BCUT2D eigenvalue weighted by molar-refractivity contribution is 5.47. The molecular weight excluding hydrogens is 242 g/mol. The zero-order chi connectivity index (χ0) is 14.0. The molecule has 1 aromatic heterocycles. The number of nitrogens with two attached hydrogens (primary N) is 1. The van der Waals surface area contributed by atoms with Crippen molar-refractivity contribution in [3.05, 3.63) is 35.2 Å². The normalized spacial score (nSPS) is 10.5. The van der Waals surface area contributed by atoms with Crippen LogP contribution >= 0.6 is 0 Å². The molecule has 0 aliphatic rings. The molecule has 1 aromatic carbocycles. The van der Waals surface area contributed by atoms with Crippen LogP contribution < -0.4 is 15.2 Å². The molecule has 0 fully saturated rings. The molecule has 1 heterocycles. The van der Waals surface area contributed by atoms with E-state index in [9.17, 15) is 0 Å². The lowest BCUT2D eigenvalue weighted by atomic mass is 10.2. The highest BCUT2D eigenvalue weighted by Gasteiger charge is 2.09. The van der Waals surface area contributed by atoms with Crippen molar-refractivity contribution in [1.29, 1.82) is 0 Å². The first-order valence-corrected chi connectivity index (χ1v) is 6.10. The van der Waals surface area contributed by atoms with Crippen LogP contribution in [0.5, 0.6) is 11.5 Å². The number of ether oxygens (including phenoxy) is 2. The first-order chi connectivity index (χ1) is 9.02. The Balaban J connectivity index is 2.16. The number of nitrogens with zero attached hydrogens (tertiary/aromatic N) is 2. The zero-order valence-corrected chi connectivity index (χ0v) is 11.7. The fraction of sp³-hybridized carbons (Fsp3) is 0.357. The highest BCUT2D eigenvalue weighted by atomic mass is 16.5. The van der Waals surface area contributed by atoms with E-state index in [4.69, 9.17) is 15.2 Å². The molecule has 2 aromatic rings. The fourth-order valence-electron chi connectivity index (χ4n) is 1.86. The van der Waals surface area contributed by atoms with Gasteiger partial charge in [0.1, 0.15) is 0 Å². The molecule has 102 valence electrons. The third-order valence-electron chi connectivity index (χ3n) is 3.10. The van der Waals surface area contributed by atoms with Gasteiger partial charge in [-0.05, 0) is 38.5 Å². The molecule has 0 spiro atoms. The minimum Gasteiger partial charge on any atom is -0.493 e. The molecule has 19 heavy (non-hydrogen) atoms. The van der Waals surface area contributed by atoms with Gasteiger partial charge in [-0.2, -0.15) is 5.10 Å². The van der Waals surface area contributed by atoms with Crippen molar-refractivity contribution in [3.8, 4) is 11.5 Å². The van der Waals surface area contributed by atoms with E-state index in [1.165, 1.54) is 0 Å². The number of methoxy groups -OCH3 is 1. The smallest absolute Gasteiger partial charge is 0.181 e. The van der Waals surface area contributed by atoms with Gasteiger partial charge < -0.3 is 15.2 Å². The van der Waals surface area contributed by atoms with Crippen LogP contribution in [0.15, 0.2) is 18.2 Å². The lowest BCUT2D eigenvalue weighted by Gasteiger charge is -2.12. The van der Waals surface area contributed by atoms with Gasteiger partial charge in [0.05, 0.1) is 24.2 Å². The maximum absolute atomic E-state index is 5.88. The van der Waals surface area contributed by atoms with Gasteiger partial charge in [0, 0.05) is 0 Å². The summed E-state index contributed by atoms with van der Waals surface area (Å²) in [6, 6.07) is 5.81. The molecule has 0 radical (unpaired) electrons. The van der Waals surface area contributed by atoms with Crippen molar-refractivity contribution in [2.24, 2.45) is 0 Å². The topological polar surface area (TPSA) is 62.3 Å². The van der Waals surface area contributed by atoms with Gasteiger partial charge in [-0.1, -0.05) is 6.07 Å². The van der Waals surface area contributed by atoms with Gasteiger partial charge in [-0.25, -0.2) is 4.68 Å². The monoisotopic (exact) mass is 261 g/mol. The van der Waals surface area contributed by atoms with Gasteiger partial charge in [-0.15, -0.1) is 0 Å². The molecule has 0 saturated carbocycles. The molecule has 0 aliphatic heterocycles. The van der Waals surface area contributed by atoms with Gasteiger partial charge in [-0.3, -0.25) is 0 Å². The van der Waals surface area contributed by atoms with Crippen molar-refractivity contribution < 1.29 is 9.47 Å². The lowest BCUT2D eigenvalue weighted by molar-refractivity contribution is 0.208. The van der Waals surface area contributed by atoms with Crippen LogP contribution in [0.25, 0.3) is 0 Å². The summed E-state index contributed by atoms with van der Waals surface area (Å²) in [5, 5.41) is 4.32. The molecule has 5 nitrogen and oxygen atoms in total. The van der Waals surface area contributed by atoms with Crippen LogP contribution in [0.1, 0.15) is 17.0 Å². The van der Waals surface area contributed by atoms with E-state index in [2.05, 4.69) is 5.10 Å².